The monoisotopic (exact) mass is 169 g/mol. The van der Waals surface area contributed by atoms with Crippen LogP contribution in [0.1, 0.15) is 0 Å². The van der Waals surface area contributed by atoms with Crippen LogP contribution in [0.3, 0.4) is 0 Å². The van der Waals surface area contributed by atoms with Gasteiger partial charge in [-0.25, -0.2) is 0 Å². The van der Waals surface area contributed by atoms with E-state index in [-0.39, 0.29) is 5.75 Å². The smallest absolute Gasteiger partial charge is 0.228 e. The van der Waals surface area contributed by atoms with Gasteiger partial charge in [-0.05, 0) is 12.1 Å². The molecule has 0 atom stereocenters. The van der Waals surface area contributed by atoms with Crippen molar-refractivity contribution in [2.24, 2.45) is 0 Å². The van der Waals surface area contributed by atoms with Crippen LogP contribution in [0.5, 0.6) is 0 Å². The molecule has 2 nitrogen and oxygen atoms in total. The highest BCUT2D eigenvalue weighted by Gasteiger charge is 1.99. The van der Waals surface area contributed by atoms with E-state index in [0.717, 1.165) is 4.90 Å². The van der Waals surface area contributed by atoms with E-state index in [2.05, 4.69) is 0 Å². The van der Waals surface area contributed by atoms with E-state index in [1.54, 1.807) is 0 Å². The number of thioether (sulfide) groups is 1. The van der Waals surface area contributed by atoms with Crippen molar-refractivity contribution in [1.29, 1.82) is 0 Å². The Bertz CT molecular complexity index is 199. The van der Waals surface area contributed by atoms with Crippen LogP contribution >= 0.6 is 11.8 Å². The van der Waals surface area contributed by atoms with Crippen LogP contribution in [0.25, 0.3) is 0 Å². The topological polar surface area (TPSA) is 40.5 Å². The number of hydrogen-bond acceptors (Lipinski definition) is 3. The van der Waals surface area contributed by atoms with E-state index in [1.807, 2.05) is 30.3 Å². The van der Waals surface area contributed by atoms with Crippen molar-refractivity contribution in [3.8, 4) is 0 Å². The Morgan fingerprint density at radius 1 is 1.18 bits per heavy atom. The molecule has 0 saturated carbocycles. The first-order valence-corrected chi connectivity index (χ1v) is 4.19. The second kappa shape index (κ2) is 4.38. The van der Waals surface area contributed by atoms with E-state index in [0.29, 0.717) is 0 Å². The first-order chi connectivity index (χ1) is 5.29. The zero-order valence-electron chi connectivity index (χ0n) is 5.90. The summed E-state index contributed by atoms with van der Waals surface area (Å²) in [5.41, 5.74) is 0. The molecule has 0 heterocycles. The normalized spacial score (nSPS) is 10.5. The third kappa shape index (κ3) is 3.41. The summed E-state index contributed by atoms with van der Waals surface area (Å²) in [7, 11) is 0. The lowest BCUT2D eigenvalue weighted by atomic mass is 10.4. The average Bonchev–Trinajstić information content (AvgIpc) is 2.03. The maximum atomic E-state index is 8.47. The summed E-state index contributed by atoms with van der Waals surface area (Å²) in [5, 5.41) is 16.9. The first kappa shape index (κ1) is 8.59. The van der Waals surface area contributed by atoms with Gasteiger partial charge in [0.15, 0.2) is 0 Å². The molecular weight excluding hydrogens is 160 g/mol. The summed E-state index contributed by atoms with van der Waals surface area (Å²) < 4.78 is 0. The van der Waals surface area contributed by atoms with Gasteiger partial charge in [-0.1, -0.05) is 18.2 Å². The Kier molecular flexibility index (Phi) is 3.42. The van der Waals surface area contributed by atoms with Gasteiger partial charge in [0.1, 0.15) is 0 Å². The van der Waals surface area contributed by atoms with Gasteiger partial charge < -0.3 is 10.2 Å². The predicted octanol–water partition coefficient (Wildman–Crippen LogP) is 2.01. The number of hydrogen-bond donors (Lipinski definition) is 2. The Morgan fingerprint density at radius 2 is 1.82 bits per heavy atom. The first-order valence-electron chi connectivity index (χ1n) is 3.20. The van der Waals surface area contributed by atoms with Crippen LogP contribution in [-0.4, -0.2) is 16.0 Å². The van der Waals surface area contributed by atoms with Crippen LogP contribution in [0.4, 0.5) is 0 Å². The molecule has 0 fully saturated rings. The summed E-state index contributed by atoms with van der Waals surface area (Å²) in [6.07, 6.45) is -0.529. The minimum absolute atomic E-state index is 0.240. The molecule has 0 unspecified atom stereocenters. The average molecular weight is 169 g/mol. The summed E-state index contributed by atoms with van der Waals surface area (Å²) in [6.45, 7) is 0. The van der Waals surface area contributed by atoms with Gasteiger partial charge >= 0.3 is 0 Å². The number of aliphatic hydroxyl groups is 2. The molecule has 1 aromatic carbocycles. The Balaban J connectivity index is 2.39. The number of benzene rings is 1. The maximum absolute atomic E-state index is 8.47. The molecule has 0 aliphatic rings. The van der Waals surface area contributed by atoms with Gasteiger partial charge in [0.2, 0.25) is 6.29 Å². The van der Waals surface area contributed by atoms with Gasteiger partial charge in [0.25, 0.3) is 0 Å². The molecule has 0 aliphatic heterocycles. The van der Waals surface area contributed by atoms with Gasteiger partial charge in [-0.15, -0.1) is 11.8 Å². The van der Waals surface area contributed by atoms with E-state index >= 15 is 0 Å². The lowest BCUT2D eigenvalue weighted by Crippen LogP contribution is -1.95. The molecule has 0 spiro atoms. The second-order valence-corrected chi connectivity index (χ2v) is 3.07. The van der Waals surface area contributed by atoms with Crippen molar-refractivity contribution in [3.05, 3.63) is 36.6 Å². The van der Waals surface area contributed by atoms with Crippen LogP contribution in [-0.2, 0) is 0 Å². The van der Waals surface area contributed by atoms with Gasteiger partial charge in [0.05, 0.1) is 5.75 Å². The van der Waals surface area contributed by atoms with E-state index in [1.165, 1.54) is 11.8 Å². The van der Waals surface area contributed by atoms with Crippen LogP contribution in [0, 0.1) is 6.29 Å². The molecule has 1 radical (unpaired) electrons. The summed E-state index contributed by atoms with van der Waals surface area (Å²) in [6, 6.07) is 9.60. The fraction of sp³-hybridized carbons (Fsp3) is 0.125. The summed E-state index contributed by atoms with van der Waals surface area (Å²) in [5.74, 6) is 0.240. The van der Waals surface area contributed by atoms with Crippen molar-refractivity contribution in [3.63, 3.8) is 0 Å². The third-order valence-corrected chi connectivity index (χ3v) is 2.12. The summed E-state index contributed by atoms with van der Waals surface area (Å²) in [4.78, 5) is 1.04. The standard InChI is InChI=1S/C8H9O2S/c9-8(10)6-11-7-4-2-1-3-5-7/h1-5,9-10H,6H2. The van der Waals surface area contributed by atoms with Gasteiger partial charge in [0, 0.05) is 4.90 Å². The van der Waals surface area contributed by atoms with Gasteiger partial charge in [-0.3, -0.25) is 0 Å². The molecule has 1 rings (SSSR count). The lowest BCUT2D eigenvalue weighted by Gasteiger charge is -2.00. The van der Waals surface area contributed by atoms with Crippen molar-refractivity contribution in [2.75, 3.05) is 5.75 Å². The fourth-order valence-electron chi connectivity index (χ4n) is 0.665. The van der Waals surface area contributed by atoms with E-state index in [4.69, 9.17) is 10.2 Å². The molecule has 3 heteroatoms. The SMILES string of the molecule is O[C](O)CSc1ccccc1. The highest BCUT2D eigenvalue weighted by Crippen LogP contribution is 2.18. The van der Waals surface area contributed by atoms with Gasteiger partial charge in [-0.2, -0.15) is 0 Å². The third-order valence-electron chi connectivity index (χ3n) is 1.11. The highest BCUT2D eigenvalue weighted by molar-refractivity contribution is 7.99. The molecule has 2 N–H and O–H groups in total. The summed E-state index contributed by atoms with van der Waals surface area (Å²) >= 11 is 1.39. The maximum Gasteiger partial charge on any atom is 0.228 e. The second-order valence-electron chi connectivity index (χ2n) is 2.02. The molecule has 0 aliphatic carbocycles. The molecule has 0 amide bonds. The molecule has 11 heavy (non-hydrogen) atoms. The Labute approximate surface area is 69.9 Å². The van der Waals surface area contributed by atoms with E-state index in [9.17, 15) is 0 Å². The van der Waals surface area contributed by atoms with Crippen LogP contribution in [0.15, 0.2) is 35.2 Å². The zero-order chi connectivity index (χ0) is 8.10. The minimum Gasteiger partial charge on any atom is -0.361 e. The molecule has 0 aromatic heterocycles. The zero-order valence-corrected chi connectivity index (χ0v) is 6.71. The minimum atomic E-state index is -0.529. The van der Waals surface area contributed by atoms with E-state index < -0.39 is 6.29 Å². The Morgan fingerprint density at radius 3 is 2.36 bits per heavy atom. The van der Waals surface area contributed by atoms with Crippen molar-refractivity contribution in [2.45, 2.75) is 4.90 Å². The Hall–Kier alpha value is -0.510. The fourth-order valence-corrected chi connectivity index (χ4v) is 1.31. The largest absolute Gasteiger partial charge is 0.361 e. The van der Waals surface area contributed by atoms with Crippen molar-refractivity contribution in [1.82, 2.24) is 0 Å². The van der Waals surface area contributed by atoms with Crippen LogP contribution < -0.4 is 0 Å². The molecular formula is C8H9O2S. The molecule has 59 valence electrons. The lowest BCUT2D eigenvalue weighted by molar-refractivity contribution is 0.0974. The highest BCUT2D eigenvalue weighted by atomic mass is 32.2. The molecule has 1 aromatic rings. The number of rotatable bonds is 3. The predicted molar refractivity (Wildman–Crippen MR) is 44.3 cm³/mol. The van der Waals surface area contributed by atoms with Crippen molar-refractivity contribution < 1.29 is 10.2 Å². The molecule has 0 bridgehead atoms. The van der Waals surface area contributed by atoms with Crippen LogP contribution in [0.2, 0.25) is 0 Å². The van der Waals surface area contributed by atoms with Crippen molar-refractivity contribution >= 4 is 11.8 Å². The number of aliphatic hydroxyl groups excluding tert-OH is 1. The quantitative estimate of drug-likeness (QED) is 0.680. The molecule has 0 saturated heterocycles.